The number of nitrogens with zero attached hydrogens (tertiary/aromatic N) is 2. The molecular weight excluding hydrogens is 304 g/mol. The summed E-state index contributed by atoms with van der Waals surface area (Å²) in [4.78, 5) is 19.0. The van der Waals surface area contributed by atoms with Crippen LogP contribution in [-0.2, 0) is 6.54 Å². The van der Waals surface area contributed by atoms with Crippen molar-refractivity contribution >= 4 is 5.91 Å². The fourth-order valence-electron chi connectivity index (χ4n) is 2.81. The summed E-state index contributed by atoms with van der Waals surface area (Å²) in [6.07, 6.45) is 5.61. The number of carbonyl (C=O) groups excluding carboxylic acids is 1. The Labute approximate surface area is 142 Å². The van der Waals surface area contributed by atoms with Gasteiger partial charge in [0.2, 0.25) is 0 Å². The van der Waals surface area contributed by atoms with E-state index in [2.05, 4.69) is 4.98 Å². The van der Waals surface area contributed by atoms with E-state index < -0.39 is 0 Å². The number of amides is 1. The van der Waals surface area contributed by atoms with E-state index in [1.165, 1.54) is 0 Å². The number of pyridine rings is 1. The van der Waals surface area contributed by atoms with Gasteiger partial charge in [0, 0.05) is 36.1 Å². The van der Waals surface area contributed by atoms with Crippen LogP contribution in [0.5, 0.6) is 11.5 Å². The largest absolute Gasteiger partial charge is 0.496 e. The molecule has 2 aromatic rings. The molecule has 1 aliphatic rings. The fraction of sp³-hybridized carbons (Fsp3) is 0.368. The summed E-state index contributed by atoms with van der Waals surface area (Å²) >= 11 is 0. The molecule has 5 nitrogen and oxygen atoms in total. The van der Waals surface area contributed by atoms with E-state index >= 15 is 0 Å². The molecular formula is C19H22N2O3. The molecule has 24 heavy (non-hydrogen) atoms. The number of benzene rings is 1. The van der Waals surface area contributed by atoms with Crippen molar-refractivity contribution in [2.75, 3.05) is 14.2 Å². The lowest BCUT2D eigenvalue weighted by Gasteiger charge is -2.23. The van der Waals surface area contributed by atoms with Gasteiger partial charge in [-0.2, -0.15) is 0 Å². The molecule has 1 heterocycles. The normalized spacial score (nSPS) is 13.5. The number of carbonyl (C=O) groups is 1. The molecule has 0 saturated heterocycles. The highest BCUT2D eigenvalue weighted by Crippen LogP contribution is 2.33. The van der Waals surface area contributed by atoms with Gasteiger partial charge in [0.25, 0.3) is 5.91 Å². The van der Waals surface area contributed by atoms with Gasteiger partial charge in [0.05, 0.1) is 14.2 Å². The third-order valence-corrected chi connectivity index (χ3v) is 4.35. The first-order valence-electron chi connectivity index (χ1n) is 8.06. The molecule has 1 aliphatic carbocycles. The molecule has 0 spiro atoms. The Morgan fingerprint density at radius 1 is 1.17 bits per heavy atom. The first kappa shape index (κ1) is 16.3. The first-order valence-corrected chi connectivity index (χ1v) is 8.06. The Balaban J connectivity index is 1.90. The minimum absolute atomic E-state index is 0.00547. The quantitative estimate of drug-likeness (QED) is 0.818. The summed E-state index contributed by atoms with van der Waals surface area (Å²) in [5.41, 5.74) is 2.57. The maximum Gasteiger partial charge on any atom is 0.254 e. The molecule has 1 amide bonds. The average molecular weight is 326 g/mol. The summed E-state index contributed by atoms with van der Waals surface area (Å²) in [6, 6.07) is 7.78. The molecule has 126 valence electrons. The van der Waals surface area contributed by atoms with Crippen molar-refractivity contribution in [2.45, 2.75) is 32.4 Å². The zero-order chi connectivity index (χ0) is 17.1. The zero-order valence-electron chi connectivity index (χ0n) is 14.3. The molecule has 5 heteroatoms. The Hall–Kier alpha value is -2.56. The molecule has 1 aromatic carbocycles. The third kappa shape index (κ3) is 3.35. The van der Waals surface area contributed by atoms with Crippen LogP contribution in [0.2, 0.25) is 0 Å². The van der Waals surface area contributed by atoms with E-state index in [-0.39, 0.29) is 5.91 Å². The Kier molecular flexibility index (Phi) is 4.69. The molecule has 0 bridgehead atoms. The molecule has 0 unspecified atom stereocenters. The van der Waals surface area contributed by atoms with Crippen LogP contribution in [-0.4, -0.2) is 36.1 Å². The van der Waals surface area contributed by atoms with Gasteiger partial charge in [0.1, 0.15) is 11.5 Å². The average Bonchev–Trinajstić information content (AvgIpc) is 3.45. The molecule has 1 saturated carbocycles. The van der Waals surface area contributed by atoms with Crippen LogP contribution in [0.15, 0.2) is 36.7 Å². The maximum atomic E-state index is 13.1. The van der Waals surface area contributed by atoms with Gasteiger partial charge in [-0.1, -0.05) is 0 Å². The first-order chi connectivity index (χ1) is 11.6. The standard InChI is InChI=1S/C19H22N2O3/c1-13-17(23-2)10-15(11-18(13)24-3)19(22)21(16-4-5-16)12-14-6-8-20-9-7-14/h6-11,16H,4-5,12H2,1-3H3. The Bertz CT molecular complexity index is 702. The molecule has 1 fully saturated rings. The van der Waals surface area contributed by atoms with E-state index in [1.807, 2.05) is 24.0 Å². The number of hydrogen-bond donors (Lipinski definition) is 0. The second-order valence-electron chi connectivity index (χ2n) is 6.03. The second-order valence-corrected chi connectivity index (χ2v) is 6.03. The van der Waals surface area contributed by atoms with Gasteiger partial charge in [-0.05, 0) is 49.6 Å². The highest BCUT2D eigenvalue weighted by atomic mass is 16.5. The number of ether oxygens (including phenoxy) is 2. The number of methoxy groups -OCH3 is 2. The lowest BCUT2D eigenvalue weighted by Crippen LogP contribution is -2.32. The predicted octanol–water partition coefficient (Wildman–Crippen LogP) is 3.21. The van der Waals surface area contributed by atoms with Crippen molar-refractivity contribution < 1.29 is 14.3 Å². The van der Waals surface area contributed by atoms with Crippen molar-refractivity contribution in [3.8, 4) is 11.5 Å². The van der Waals surface area contributed by atoms with Crippen LogP contribution in [0.1, 0.15) is 34.3 Å². The van der Waals surface area contributed by atoms with Gasteiger partial charge in [-0.3, -0.25) is 9.78 Å². The van der Waals surface area contributed by atoms with E-state index in [0.29, 0.717) is 29.6 Å². The summed E-state index contributed by atoms with van der Waals surface area (Å²) in [6.45, 7) is 2.51. The second kappa shape index (κ2) is 6.91. The van der Waals surface area contributed by atoms with Crippen LogP contribution < -0.4 is 9.47 Å². The fourth-order valence-corrected chi connectivity index (χ4v) is 2.81. The van der Waals surface area contributed by atoms with Crippen LogP contribution in [0.25, 0.3) is 0 Å². The van der Waals surface area contributed by atoms with E-state index in [1.54, 1.807) is 38.7 Å². The van der Waals surface area contributed by atoms with Gasteiger partial charge in [-0.25, -0.2) is 0 Å². The topological polar surface area (TPSA) is 51.7 Å². The van der Waals surface area contributed by atoms with Gasteiger partial charge >= 0.3 is 0 Å². The minimum Gasteiger partial charge on any atom is -0.496 e. The molecule has 1 aromatic heterocycles. The summed E-state index contributed by atoms with van der Waals surface area (Å²) in [5.74, 6) is 1.33. The van der Waals surface area contributed by atoms with Gasteiger partial charge in [-0.15, -0.1) is 0 Å². The monoisotopic (exact) mass is 326 g/mol. The van der Waals surface area contributed by atoms with Crippen LogP contribution in [0.4, 0.5) is 0 Å². The van der Waals surface area contributed by atoms with E-state index in [4.69, 9.17) is 9.47 Å². The van der Waals surface area contributed by atoms with Crippen LogP contribution in [0.3, 0.4) is 0 Å². The minimum atomic E-state index is 0.00547. The lowest BCUT2D eigenvalue weighted by molar-refractivity contribution is 0.0729. The highest BCUT2D eigenvalue weighted by molar-refractivity contribution is 5.95. The summed E-state index contributed by atoms with van der Waals surface area (Å²) in [5, 5.41) is 0. The molecule has 0 aliphatic heterocycles. The van der Waals surface area contributed by atoms with Crippen LogP contribution in [0, 0.1) is 6.92 Å². The lowest BCUT2D eigenvalue weighted by atomic mass is 10.1. The van der Waals surface area contributed by atoms with E-state index in [0.717, 1.165) is 24.0 Å². The molecule has 0 N–H and O–H groups in total. The zero-order valence-corrected chi connectivity index (χ0v) is 14.3. The van der Waals surface area contributed by atoms with E-state index in [9.17, 15) is 4.79 Å². The third-order valence-electron chi connectivity index (χ3n) is 4.35. The number of aromatic nitrogens is 1. The van der Waals surface area contributed by atoms with Crippen LogP contribution >= 0.6 is 0 Å². The molecule has 0 radical (unpaired) electrons. The maximum absolute atomic E-state index is 13.1. The smallest absolute Gasteiger partial charge is 0.254 e. The molecule has 0 atom stereocenters. The Morgan fingerprint density at radius 2 is 1.75 bits per heavy atom. The summed E-state index contributed by atoms with van der Waals surface area (Å²) in [7, 11) is 3.21. The van der Waals surface area contributed by atoms with Crippen molar-refractivity contribution in [1.82, 2.24) is 9.88 Å². The van der Waals surface area contributed by atoms with Crippen molar-refractivity contribution in [2.24, 2.45) is 0 Å². The predicted molar refractivity (Wildman–Crippen MR) is 91.4 cm³/mol. The SMILES string of the molecule is COc1cc(C(=O)N(Cc2ccncc2)C2CC2)cc(OC)c1C. The summed E-state index contributed by atoms with van der Waals surface area (Å²) < 4.78 is 10.8. The van der Waals surface area contributed by atoms with Gasteiger partial charge in [0.15, 0.2) is 0 Å². The van der Waals surface area contributed by atoms with Crippen molar-refractivity contribution in [3.63, 3.8) is 0 Å². The van der Waals surface area contributed by atoms with Crippen molar-refractivity contribution in [1.29, 1.82) is 0 Å². The Morgan fingerprint density at radius 3 is 2.25 bits per heavy atom. The number of rotatable bonds is 6. The van der Waals surface area contributed by atoms with Gasteiger partial charge < -0.3 is 14.4 Å². The highest BCUT2D eigenvalue weighted by Gasteiger charge is 2.33. The van der Waals surface area contributed by atoms with Crippen molar-refractivity contribution in [3.05, 3.63) is 53.3 Å². The number of hydrogen-bond acceptors (Lipinski definition) is 4. The molecule has 3 rings (SSSR count).